The number of carbonyl (C=O) groups excluding carboxylic acids is 1. The lowest BCUT2D eigenvalue weighted by molar-refractivity contribution is -0.132. The van der Waals surface area contributed by atoms with Crippen molar-refractivity contribution in [3.05, 3.63) is 0 Å². The smallest absolute Gasteiger partial charge is 0.236 e. The summed E-state index contributed by atoms with van der Waals surface area (Å²) >= 11 is 3.42. The minimum absolute atomic E-state index is 0.0879. The summed E-state index contributed by atoms with van der Waals surface area (Å²) in [7, 11) is 0. The molecule has 0 bridgehead atoms. The first-order valence-electron chi connectivity index (χ1n) is 5.09. The number of nitrogens with zero attached hydrogens (tertiary/aromatic N) is 1. The summed E-state index contributed by atoms with van der Waals surface area (Å²) in [6.45, 7) is 3.19. The first-order chi connectivity index (χ1) is 6.13. The van der Waals surface area contributed by atoms with Gasteiger partial charge in [0.25, 0.3) is 0 Å². The van der Waals surface area contributed by atoms with Gasteiger partial charge in [0, 0.05) is 12.1 Å². The fourth-order valence-electron chi connectivity index (χ4n) is 2.59. The normalized spacial score (nSPS) is 32.9. The van der Waals surface area contributed by atoms with Gasteiger partial charge in [-0.05, 0) is 26.2 Å². The summed E-state index contributed by atoms with van der Waals surface area (Å²) < 4.78 is 0. The summed E-state index contributed by atoms with van der Waals surface area (Å²) in [5.74, 6) is 0.310. The molecule has 3 heteroatoms. The molecule has 13 heavy (non-hydrogen) atoms. The summed E-state index contributed by atoms with van der Waals surface area (Å²) in [4.78, 5) is 14.0. The Hall–Kier alpha value is -0.0500. The number of rotatable bonds is 1. The van der Waals surface area contributed by atoms with Crippen molar-refractivity contribution in [2.24, 2.45) is 0 Å². The number of alkyl halides is 1. The van der Waals surface area contributed by atoms with Crippen LogP contribution in [0.25, 0.3) is 0 Å². The fraction of sp³-hybridized carbons (Fsp3) is 0.900. The maximum atomic E-state index is 11.8. The summed E-state index contributed by atoms with van der Waals surface area (Å²) in [6.07, 6.45) is 5.94. The standard InChI is InChI=1S/C10H16BrNO/c1-10(5-2-3-6-10)12-7-4-8(11)9(12)13/h8H,2-7H2,1H3. The van der Waals surface area contributed by atoms with Crippen LogP contribution < -0.4 is 0 Å². The third-order valence-corrected chi connectivity index (χ3v) is 4.32. The van der Waals surface area contributed by atoms with Crippen LogP contribution in [0.2, 0.25) is 0 Å². The highest BCUT2D eigenvalue weighted by atomic mass is 79.9. The van der Waals surface area contributed by atoms with Gasteiger partial charge in [-0.2, -0.15) is 0 Å². The molecule has 1 atom stereocenters. The van der Waals surface area contributed by atoms with Crippen LogP contribution in [0.1, 0.15) is 39.0 Å². The van der Waals surface area contributed by atoms with Crippen LogP contribution in [0.3, 0.4) is 0 Å². The third kappa shape index (κ3) is 1.51. The van der Waals surface area contributed by atoms with Crippen LogP contribution in [0, 0.1) is 0 Å². The van der Waals surface area contributed by atoms with Gasteiger partial charge >= 0.3 is 0 Å². The van der Waals surface area contributed by atoms with E-state index in [1.165, 1.54) is 25.7 Å². The van der Waals surface area contributed by atoms with Crippen molar-refractivity contribution < 1.29 is 4.79 Å². The number of halogens is 1. The van der Waals surface area contributed by atoms with E-state index in [0.717, 1.165) is 13.0 Å². The molecule has 1 aliphatic carbocycles. The van der Waals surface area contributed by atoms with Crippen molar-refractivity contribution in [1.29, 1.82) is 0 Å². The van der Waals surface area contributed by atoms with Gasteiger partial charge in [0.05, 0.1) is 4.83 Å². The van der Waals surface area contributed by atoms with Gasteiger partial charge in [-0.25, -0.2) is 0 Å². The lowest BCUT2D eigenvalue weighted by atomic mass is 9.98. The Morgan fingerprint density at radius 3 is 2.54 bits per heavy atom. The summed E-state index contributed by atoms with van der Waals surface area (Å²) in [5.41, 5.74) is 0.180. The Morgan fingerprint density at radius 2 is 2.08 bits per heavy atom. The van der Waals surface area contributed by atoms with Crippen LogP contribution >= 0.6 is 15.9 Å². The molecule has 1 saturated heterocycles. The molecule has 2 nitrogen and oxygen atoms in total. The van der Waals surface area contributed by atoms with E-state index in [4.69, 9.17) is 0 Å². The molecule has 0 aromatic carbocycles. The summed E-state index contributed by atoms with van der Waals surface area (Å²) in [6, 6.07) is 0. The largest absolute Gasteiger partial charge is 0.336 e. The van der Waals surface area contributed by atoms with Crippen molar-refractivity contribution >= 4 is 21.8 Å². The van der Waals surface area contributed by atoms with Gasteiger partial charge in [-0.15, -0.1) is 0 Å². The Morgan fingerprint density at radius 1 is 1.46 bits per heavy atom. The zero-order valence-electron chi connectivity index (χ0n) is 8.05. The minimum atomic E-state index is 0.0879. The summed E-state index contributed by atoms with van der Waals surface area (Å²) in [5, 5.41) is 0. The van der Waals surface area contributed by atoms with Gasteiger partial charge in [0.15, 0.2) is 0 Å². The van der Waals surface area contributed by atoms with Crippen LogP contribution in [-0.2, 0) is 4.79 Å². The molecule has 1 heterocycles. The van der Waals surface area contributed by atoms with Crippen LogP contribution in [0.4, 0.5) is 0 Å². The molecule has 1 aliphatic heterocycles. The van der Waals surface area contributed by atoms with E-state index in [1.807, 2.05) is 0 Å². The second-order valence-electron chi connectivity index (χ2n) is 4.45. The number of likely N-dealkylation sites (tertiary alicyclic amines) is 1. The SMILES string of the molecule is CC1(N2CCC(Br)C2=O)CCCC1. The first-order valence-corrected chi connectivity index (χ1v) is 6.01. The van der Waals surface area contributed by atoms with Gasteiger partial charge < -0.3 is 4.90 Å². The molecule has 1 unspecified atom stereocenters. The van der Waals surface area contributed by atoms with Gasteiger partial charge in [0.2, 0.25) is 5.91 Å². The van der Waals surface area contributed by atoms with E-state index in [-0.39, 0.29) is 10.4 Å². The quantitative estimate of drug-likeness (QED) is 0.650. The van der Waals surface area contributed by atoms with E-state index >= 15 is 0 Å². The third-order valence-electron chi connectivity index (χ3n) is 3.47. The van der Waals surface area contributed by atoms with Crippen LogP contribution in [-0.4, -0.2) is 27.7 Å². The molecular formula is C10H16BrNO. The van der Waals surface area contributed by atoms with Crippen molar-refractivity contribution in [2.75, 3.05) is 6.54 Å². The first kappa shape index (κ1) is 9.50. The molecule has 2 aliphatic rings. The Kier molecular flexibility index (Phi) is 2.39. The zero-order valence-corrected chi connectivity index (χ0v) is 9.64. The number of amides is 1. The Bertz CT molecular complexity index is 223. The highest BCUT2D eigenvalue weighted by Gasteiger charge is 2.42. The van der Waals surface area contributed by atoms with Crippen molar-refractivity contribution in [3.63, 3.8) is 0 Å². The molecule has 1 amide bonds. The maximum absolute atomic E-state index is 11.8. The van der Waals surface area contributed by atoms with Crippen molar-refractivity contribution in [3.8, 4) is 0 Å². The second kappa shape index (κ2) is 3.26. The molecule has 0 aromatic heterocycles. The van der Waals surface area contributed by atoms with E-state index in [1.54, 1.807) is 0 Å². The number of hydrogen-bond acceptors (Lipinski definition) is 1. The minimum Gasteiger partial charge on any atom is -0.336 e. The lowest BCUT2D eigenvalue weighted by Gasteiger charge is -2.35. The molecule has 0 N–H and O–H groups in total. The molecule has 2 fully saturated rings. The van der Waals surface area contributed by atoms with E-state index < -0.39 is 0 Å². The molecule has 0 aromatic rings. The lowest BCUT2D eigenvalue weighted by Crippen LogP contribution is -2.45. The Balaban J connectivity index is 2.12. The average Bonchev–Trinajstić information content (AvgIpc) is 2.63. The topological polar surface area (TPSA) is 20.3 Å². The van der Waals surface area contributed by atoms with E-state index in [0.29, 0.717) is 5.91 Å². The number of carbonyl (C=O) groups is 1. The van der Waals surface area contributed by atoms with Crippen molar-refractivity contribution in [1.82, 2.24) is 4.90 Å². The fourth-order valence-corrected chi connectivity index (χ4v) is 3.04. The molecule has 1 saturated carbocycles. The monoisotopic (exact) mass is 245 g/mol. The highest BCUT2D eigenvalue weighted by molar-refractivity contribution is 9.10. The van der Waals surface area contributed by atoms with Gasteiger partial charge in [-0.3, -0.25) is 4.79 Å². The molecule has 0 spiro atoms. The average molecular weight is 246 g/mol. The highest BCUT2D eigenvalue weighted by Crippen LogP contribution is 2.38. The van der Waals surface area contributed by atoms with Crippen LogP contribution in [0.5, 0.6) is 0 Å². The Labute approximate surface area is 87.8 Å². The van der Waals surface area contributed by atoms with Crippen LogP contribution in [0.15, 0.2) is 0 Å². The molecule has 2 rings (SSSR count). The second-order valence-corrected chi connectivity index (χ2v) is 5.56. The predicted octanol–water partition coefficient (Wildman–Crippen LogP) is 2.31. The van der Waals surface area contributed by atoms with E-state index in [9.17, 15) is 4.79 Å². The number of hydrogen-bond donors (Lipinski definition) is 0. The predicted molar refractivity (Wildman–Crippen MR) is 55.9 cm³/mol. The molecule has 74 valence electrons. The molecular weight excluding hydrogens is 230 g/mol. The maximum Gasteiger partial charge on any atom is 0.236 e. The van der Waals surface area contributed by atoms with Gasteiger partial charge in [-0.1, -0.05) is 28.8 Å². The molecule has 0 radical (unpaired) electrons. The van der Waals surface area contributed by atoms with Gasteiger partial charge in [0.1, 0.15) is 0 Å². The van der Waals surface area contributed by atoms with E-state index in [2.05, 4.69) is 27.8 Å². The zero-order chi connectivity index (χ0) is 9.47. The van der Waals surface area contributed by atoms with Crippen molar-refractivity contribution in [2.45, 2.75) is 49.4 Å².